The largest absolute Gasteiger partial charge is 0.479 e. The smallest absolute Gasteiger partial charge is 0.246 e. The molecule has 1 saturated carbocycles. The van der Waals surface area contributed by atoms with E-state index in [1.807, 2.05) is 18.2 Å². The van der Waals surface area contributed by atoms with Crippen molar-refractivity contribution in [1.29, 1.82) is 5.26 Å². The number of amides is 2. The fourth-order valence-corrected chi connectivity index (χ4v) is 4.02. The van der Waals surface area contributed by atoms with Crippen LogP contribution in [0.3, 0.4) is 0 Å². The van der Waals surface area contributed by atoms with Crippen LogP contribution in [0.1, 0.15) is 50.5 Å². The molecule has 0 aromatic heterocycles. The van der Waals surface area contributed by atoms with E-state index in [1.165, 1.54) is 19.3 Å². The van der Waals surface area contributed by atoms with Crippen LogP contribution >= 0.6 is 0 Å². The lowest BCUT2D eigenvalue weighted by atomic mass is 9.93. The standard InChI is InChI=1S/C23H29N3O3/c24-14-16-29-21-11-8-18(9-12-21)10-13-22(27)26-15-4-5-19(17-26)23(28)25-20-6-2-1-3-7-20/h8-13,19-20H,1-7,15-17H2,(H,25,28)/b13-10+. The van der Waals surface area contributed by atoms with E-state index in [9.17, 15) is 9.59 Å². The zero-order valence-corrected chi connectivity index (χ0v) is 16.8. The number of benzene rings is 1. The van der Waals surface area contributed by atoms with Gasteiger partial charge in [-0.2, -0.15) is 5.26 Å². The predicted molar refractivity (Wildman–Crippen MR) is 111 cm³/mol. The number of carbonyl (C=O) groups excluding carboxylic acids is 2. The zero-order valence-electron chi connectivity index (χ0n) is 16.8. The molecule has 154 valence electrons. The first kappa shape index (κ1) is 20.9. The van der Waals surface area contributed by atoms with Crippen molar-refractivity contribution in [2.24, 2.45) is 5.92 Å². The third kappa shape index (κ3) is 6.35. The molecule has 29 heavy (non-hydrogen) atoms. The summed E-state index contributed by atoms with van der Waals surface area (Å²) in [6.45, 7) is 1.19. The summed E-state index contributed by atoms with van der Waals surface area (Å²) in [5, 5.41) is 11.7. The molecular weight excluding hydrogens is 366 g/mol. The van der Waals surface area contributed by atoms with Gasteiger partial charge in [-0.05, 0) is 49.5 Å². The van der Waals surface area contributed by atoms with Gasteiger partial charge in [-0.25, -0.2) is 0 Å². The molecule has 2 fully saturated rings. The number of nitrogens with one attached hydrogen (secondary N) is 1. The maximum atomic E-state index is 12.6. The molecule has 1 N–H and O–H groups in total. The van der Waals surface area contributed by atoms with Crippen LogP contribution < -0.4 is 10.1 Å². The van der Waals surface area contributed by atoms with Crippen molar-refractivity contribution in [3.63, 3.8) is 0 Å². The molecule has 1 atom stereocenters. The molecule has 0 radical (unpaired) electrons. The summed E-state index contributed by atoms with van der Waals surface area (Å²) in [4.78, 5) is 27.0. The van der Waals surface area contributed by atoms with Gasteiger partial charge in [0.2, 0.25) is 11.8 Å². The number of nitrogens with zero attached hydrogens (tertiary/aromatic N) is 2. The molecule has 1 aliphatic heterocycles. The van der Waals surface area contributed by atoms with Crippen LogP contribution in [0.15, 0.2) is 30.3 Å². The molecule has 6 nitrogen and oxygen atoms in total. The molecule has 0 spiro atoms. The number of carbonyl (C=O) groups is 2. The normalized spacial score (nSPS) is 20.2. The van der Waals surface area contributed by atoms with E-state index >= 15 is 0 Å². The van der Waals surface area contributed by atoms with Gasteiger partial charge in [0.25, 0.3) is 0 Å². The quantitative estimate of drug-likeness (QED) is 0.750. The molecule has 0 bridgehead atoms. The summed E-state index contributed by atoms with van der Waals surface area (Å²) in [5.74, 6) is 0.550. The van der Waals surface area contributed by atoms with Crippen LogP contribution in [0.25, 0.3) is 6.08 Å². The van der Waals surface area contributed by atoms with E-state index in [0.29, 0.717) is 24.9 Å². The second kappa shape index (κ2) is 10.7. The Kier molecular flexibility index (Phi) is 7.69. The minimum Gasteiger partial charge on any atom is -0.479 e. The Hall–Kier alpha value is -2.81. The molecule has 1 aliphatic carbocycles. The molecule has 1 aromatic carbocycles. The van der Waals surface area contributed by atoms with Crippen LogP contribution in [0.2, 0.25) is 0 Å². The Balaban J connectivity index is 1.50. The van der Waals surface area contributed by atoms with Crippen molar-refractivity contribution < 1.29 is 14.3 Å². The number of nitriles is 1. The van der Waals surface area contributed by atoms with E-state index in [4.69, 9.17) is 10.00 Å². The topological polar surface area (TPSA) is 82.4 Å². The van der Waals surface area contributed by atoms with Crippen molar-refractivity contribution in [2.45, 2.75) is 51.0 Å². The Morgan fingerprint density at radius 1 is 1.14 bits per heavy atom. The zero-order chi connectivity index (χ0) is 20.5. The number of rotatable bonds is 6. The molecule has 6 heteroatoms. The number of hydrogen-bond acceptors (Lipinski definition) is 4. The van der Waals surface area contributed by atoms with E-state index in [-0.39, 0.29) is 24.3 Å². The number of ether oxygens (including phenoxy) is 1. The first-order chi connectivity index (χ1) is 14.2. The van der Waals surface area contributed by atoms with Crippen molar-refractivity contribution in [1.82, 2.24) is 10.2 Å². The monoisotopic (exact) mass is 395 g/mol. The molecular formula is C23H29N3O3. The molecule has 1 aromatic rings. The summed E-state index contributed by atoms with van der Waals surface area (Å²) in [7, 11) is 0. The summed E-state index contributed by atoms with van der Waals surface area (Å²) >= 11 is 0. The maximum Gasteiger partial charge on any atom is 0.246 e. The van der Waals surface area contributed by atoms with Crippen LogP contribution in [0.5, 0.6) is 5.75 Å². The van der Waals surface area contributed by atoms with E-state index < -0.39 is 0 Å². The van der Waals surface area contributed by atoms with Crippen LogP contribution in [-0.4, -0.2) is 42.5 Å². The lowest BCUT2D eigenvalue weighted by Gasteiger charge is -2.33. The second-order valence-corrected chi connectivity index (χ2v) is 7.82. The molecule has 1 saturated heterocycles. The van der Waals surface area contributed by atoms with Gasteiger partial charge in [0.1, 0.15) is 11.8 Å². The highest BCUT2D eigenvalue weighted by molar-refractivity contribution is 5.92. The summed E-state index contributed by atoms with van der Waals surface area (Å²) in [6, 6.07) is 9.46. The molecule has 1 heterocycles. The minimum absolute atomic E-state index is 0.0120. The lowest BCUT2D eigenvalue weighted by molar-refractivity contribution is -0.132. The maximum absolute atomic E-state index is 12.6. The SMILES string of the molecule is N#CCOc1ccc(/C=C/C(=O)N2CCCC(C(=O)NC3CCCCC3)C2)cc1. The van der Waals surface area contributed by atoms with Gasteiger partial charge in [-0.15, -0.1) is 0 Å². The third-order valence-corrected chi connectivity index (χ3v) is 5.66. The highest BCUT2D eigenvalue weighted by Gasteiger charge is 2.29. The van der Waals surface area contributed by atoms with Crippen LogP contribution in [0.4, 0.5) is 0 Å². The molecule has 2 amide bonds. The summed E-state index contributed by atoms with van der Waals surface area (Å²) < 4.78 is 5.22. The van der Waals surface area contributed by atoms with E-state index in [2.05, 4.69) is 5.32 Å². The van der Waals surface area contributed by atoms with Gasteiger partial charge in [0.05, 0.1) is 5.92 Å². The van der Waals surface area contributed by atoms with Gasteiger partial charge >= 0.3 is 0 Å². The van der Waals surface area contributed by atoms with Crippen LogP contribution in [-0.2, 0) is 9.59 Å². The molecule has 3 rings (SSSR count). The van der Waals surface area contributed by atoms with Crippen LogP contribution in [0, 0.1) is 17.2 Å². The minimum atomic E-state index is -0.111. The van der Waals surface area contributed by atoms with Gasteiger partial charge in [0, 0.05) is 25.2 Å². The Bertz CT molecular complexity index is 761. The molecule has 1 unspecified atom stereocenters. The number of hydrogen-bond donors (Lipinski definition) is 1. The molecule has 2 aliphatic rings. The Morgan fingerprint density at radius 3 is 2.62 bits per heavy atom. The van der Waals surface area contributed by atoms with Crippen molar-refractivity contribution in [3.8, 4) is 11.8 Å². The average Bonchev–Trinajstić information content (AvgIpc) is 2.77. The lowest BCUT2D eigenvalue weighted by Crippen LogP contribution is -2.47. The highest BCUT2D eigenvalue weighted by atomic mass is 16.5. The number of likely N-dealkylation sites (tertiary alicyclic amines) is 1. The van der Waals surface area contributed by atoms with Gasteiger partial charge < -0.3 is 15.0 Å². The average molecular weight is 396 g/mol. The third-order valence-electron chi connectivity index (χ3n) is 5.66. The van der Waals surface area contributed by atoms with Gasteiger partial charge in [-0.3, -0.25) is 9.59 Å². The first-order valence-corrected chi connectivity index (χ1v) is 10.5. The Morgan fingerprint density at radius 2 is 1.90 bits per heavy atom. The van der Waals surface area contributed by atoms with Gasteiger partial charge in [-0.1, -0.05) is 31.4 Å². The fraction of sp³-hybridized carbons (Fsp3) is 0.522. The summed E-state index contributed by atoms with van der Waals surface area (Å²) in [6.07, 6.45) is 10.8. The van der Waals surface area contributed by atoms with Crippen molar-refractivity contribution >= 4 is 17.9 Å². The van der Waals surface area contributed by atoms with Crippen molar-refractivity contribution in [2.75, 3.05) is 19.7 Å². The Labute approximate surface area is 172 Å². The van der Waals surface area contributed by atoms with E-state index in [1.54, 1.807) is 29.2 Å². The first-order valence-electron chi connectivity index (χ1n) is 10.5. The highest BCUT2D eigenvalue weighted by Crippen LogP contribution is 2.21. The predicted octanol–water partition coefficient (Wildman–Crippen LogP) is 3.29. The van der Waals surface area contributed by atoms with E-state index in [0.717, 1.165) is 31.2 Å². The fourth-order valence-electron chi connectivity index (χ4n) is 4.02. The van der Waals surface area contributed by atoms with Gasteiger partial charge in [0.15, 0.2) is 6.61 Å². The number of piperidine rings is 1. The summed E-state index contributed by atoms with van der Waals surface area (Å²) in [5.41, 5.74) is 0.881. The second-order valence-electron chi connectivity index (χ2n) is 7.82. The van der Waals surface area contributed by atoms with Crippen molar-refractivity contribution in [3.05, 3.63) is 35.9 Å².